The van der Waals surface area contributed by atoms with E-state index in [1.54, 1.807) is 0 Å². The molecule has 2 unspecified atom stereocenters. The van der Waals surface area contributed by atoms with E-state index in [1.807, 2.05) is 0 Å². The minimum Gasteiger partial charge on any atom is -0.378 e. The largest absolute Gasteiger partial charge is 0.378 e. The van der Waals surface area contributed by atoms with Gasteiger partial charge in [0.25, 0.3) is 0 Å². The second-order valence-corrected chi connectivity index (χ2v) is 5.72. The van der Waals surface area contributed by atoms with Crippen LogP contribution >= 0.6 is 0 Å². The molecule has 1 rings (SSSR count). The molecule has 2 nitrogen and oxygen atoms in total. The number of hydrogen-bond acceptors (Lipinski definition) is 2. The number of rotatable bonds is 10. The van der Waals surface area contributed by atoms with E-state index in [1.165, 1.54) is 64.2 Å². The van der Waals surface area contributed by atoms with Crippen molar-refractivity contribution in [2.24, 2.45) is 0 Å². The molecule has 1 heterocycles. The first kappa shape index (κ1) is 16.0. The molecule has 0 amide bonds. The standard InChI is InChI=1S/C16H33NO/c1-3-5-6-7-10-15(17-12-4-2)14-16-11-8-9-13-18-16/h15-17H,3-14H2,1-2H3. The summed E-state index contributed by atoms with van der Waals surface area (Å²) in [7, 11) is 0. The number of ether oxygens (including phenoxy) is 1. The number of hydrogen-bond donors (Lipinski definition) is 1. The Bertz CT molecular complexity index is 178. The molecule has 0 bridgehead atoms. The Hall–Kier alpha value is -0.0800. The maximum absolute atomic E-state index is 5.88. The van der Waals surface area contributed by atoms with Gasteiger partial charge in [0.1, 0.15) is 0 Å². The summed E-state index contributed by atoms with van der Waals surface area (Å²) in [5, 5.41) is 3.71. The Morgan fingerprint density at radius 3 is 2.67 bits per heavy atom. The van der Waals surface area contributed by atoms with Gasteiger partial charge in [-0.05, 0) is 45.1 Å². The smallest absolute Gasteiger partial charge is 0.0590 e. The molecule has 0 aromatic carbocycles. The molecule has 1 saturated heterocycles. The van der Waals surface area contributed by atoms with Gasteiger partial charge in [-0.15, -0.1) is 0 Å². The lowest BCUT2D eigenvalue weighted by Crippen LogP contribution is -2.35. The minimum atomic E-state index is 0.527. The van der Waals surface area contributed by atoms with Crippen molar-refractivity contribution in [1.82, 2.24) is 5.32 Å². The van der Waals surface area contributed by atoms with Crippen LogP contribution in [0.5, 0.6) is 0 Å². The van der Waals surface area contributed by atoms with Crippen molar-refractivity contribution in [3.8, 4) is 0 Å². The summed E-state index contributed by atoms with van der Waals surface area (Å²) in [6.45, 7) is 6.67. The molecule has 0 radical (unpaired) electrons. The van der Waals surface area contributed by atoms with Gasteiger partial charge in [0, 0.05) is 12.6 Å². The van der Waals surface area contributed by atoms with Crippen LogP contribution in [0.4, 0.5) is 0 Å². The monoisotopic (exact) mass is 255 g/mol. The van der Waals surface area contributed by atoms with E-state index in [0.29, 0.717) is 12.1 Å². The summed E-state index contributed by atoms with van der Waals surface area (Å²) in [6, 6.07) is 0.685. The lowest BCUT2D eigenvalue weighted by Gasteiger charge is -2.27. The van der Waals surface area contributed by atoms with Crippen LogP contribution in [0.25, 0.3) is 0 Å². The van der Waals surface area contributed by atoms with Crippen molar-refractivity contribution < 1.29 is 4.74 Å². The van der Waals surface area contributed by atoms with Crippen LogP contribution in [0, 0.1) is 0 Å². The maximum atomic E-state index is 5.88. The highest BCUT2D eigenvalue weighted by molar-refractivity contribution is 4.74. The van der Waals surface area contributed by atoms with Crippen LogP contribution in [0.15, 0.2) is 0 Å². The Kier molecular flexibility index (Phi) is 9.59. The summed E-state index contributed by atoms with van der Waals surface area (Å²) < 4.78 is 5.88. The summed E-state index contributed by atoms with van der Waals surface area (Å²) in [5.74, 6) is 0. The fraction of sp³-hybridized carbons (Fsp3) is 1.00. The third kappa shape index (κ3) is 7.38. The summed E-state index contributed by atoms with van der Waals surface area (Å²) >= 11 is 0. The molecule has 1 N–H and O–H groups in total. The minimum absolute atomic E-state index is 0.527. The van der Waals surface area contributed by atoms with Crippen LogP contribution in [0.1, 0.15) is 78.1 Å². The molecule has 18 heavy (non-hydrogen) atoms. The van der Waals surface area contributed by atoms with Gasteiger partial charge in [0.15, 0.2) is 0 Å². The molecule has 1 aliphatic rings. The van der Waals surface area contributed by atoms with E-state index in [-0.39, 0.29) is 0 Å². The van der Waals surface area contributed by atoms with E-state index in [0.717, 1.165) is 13.2 Å². The summed E-state index contributed by atoms with van der Waals surface area (Å²) in [5.41, 5.74) is 0. The molecule has 2 atom stereocenters. The van der Waals surface area contributed by atoms with E-state index in [4.69, 9.17) is 4.74 Å². The van der Waals surface area contributed by atoms with Gasteiger partial charge >= 0.3 is 0 Å². The Morgan fingerprint density at radius 1 is 1.11 bits per heavy atom. The Labute approximate surface area is 114 Å². The van der Waals surface area contributed by atoms with E-state index in [2.05, 4.69) is 19.2 Å². The van der Waals surface area contributed by atoms with Crippen molar-refractivity contribution in [3.63, 3.8) is 0 Å². The predicted molar refractivity (Wildman–Crippen MR) is 79.0 cm³/mol. The average Bonchev–Trinajstić information content (AvgIpc) is 2.41. The molecule has 0 aromatic rings. The van der Waals surface area contributed by atoms with Crippen LogP contribution in [-0.4, -0.2) is 25.3 Å². The van der Waals surface area contributed by atoms with Crippen molar-refractivity contribution in [1.29, 1.82) is 0 Å². The molecule has 1 fully saturated rings. The lowest BCUT2D eigenvalue weighted by molar-refractivity contribution is 0.00458. The van der Waals surface area contributed by atoms with Gasteiger partial charge in [-0.3, -0.25) is 0 Å². The zero-order chi connectivity index (χ0) is 13.1. The van der Waals surface area contributed by atoms with E-state index < -0.39 is 0 Å². The van der Waals surface area contributed by atoms with Crippen LogP contribution < -0.4 is 5.32 Å². The van der Waals surface area contributed by atoms with Gasteiger partial charge in [-0.25, -0.2) is 0 Å². The molecule has 0 aliphatic carbocycles. The quantitative estimate of drug-likeness (QED) is 0.588. The first-order valence-electron chi connectivity index (χ1n) is 8.21. The average molecular weight is 255 g/mol. The molecular weight excluding hydrogens is 222 g/mol. The normalized spacial score (nSPS) is 22.0. The number of unbranched alkanes of at least 4 members (excludes halogenated alkanes) is 3. The van der Waals surface area contributed by atoms with Crippen molar-refractivity contribution in [3.05, 3.63) is 0 Å². The molecule has 0 spiro atoms. The second kappa shape index (κ2) is 10.8. The van der Waals surface area contributed by atoms with Gasteiger partial charge < -0.3 is 10.1 Å². The van der Waals surface area contributed by atoms with Gasteiger partial charge in [0.05, 0.1) is 6.10 Å². The highest BCUT2D eigenvalue weighted by Gasteiger charge is 2.18. The van der Waals surface area contributed by atoms with Crippen molar-refractivity contribution in [2.45, 2.75) is 90.2 Å². The third-order valence-corrected chi connectivity index (χ3v) is 3.91. The van der Waals surface area contributed by atoms with Crippen molar-refractivity contribution >= 4 is 0 Å². The van der Waals surface area contributed by atoms with Crippen LogP contribution in [0.2, 0.25) is 0 Å². The highest BCUT2D eigenvalue weighted by atomic mass is 16.5. The van der Waals surface area contributed by atoms with E-state index in [9.17, 15) is 0 Å². The fourth-order valence-electron chi connectivity index (χ4n) is 2.78. The van der Waals surface area contributed by atoms with Gasteiger partial charge in [0.2, 0.25) is 0 Å². The lowest BCUT2D eigenvalue weighted by atomic mass is 9.97. The van der Waals surface area contributed by atoms with Gasteiger partial charge in [-0.2, -0.15) is 0 Å². The second-order valence-electron chi connectivity index (χ2n) is 5.72. The molecule has 2 heteroatoms. The SMILES string of the molecule is CCCCCCC(CC1CCCCO1)NCCC. The van der Waals surface area contributed by atoms with E-state index >= 15 is 0 Å². The molecule has 0 saturated carbocycles. The van der Waals surface area contributed by atoms with Crippen LogP contribution in [-0.2, 0) is 4.74 Å². The van der Waals surface area contributed by atoms with Crippen molar-refractivity contribution in [2.75, 3.05) is 13.2 Å². The first-order valence-corrected chi connectivity index (χ1v) is 8.21. The molecular formula is C16H33NO. The zero-order valence-corrected chi connectivity index (χ0v) is 12.5. The number of nitrogens with one attached hydrogen (secondary N) is 1. The van der Waals surface area contributed by atoms with Crippen LogP contribution in [0.3, 0.4) is 0 Å². The summed E-state index contributed by atoms with van der Waals surface area (Å²) in [6.07, 6.45) is 13.7. The van der Waals surface area contributed by atoms with Gasteiger partial charge in [-0.1, -0.05) is 39.5 Å². The first-order chi connectivity index (χ1) is 8.86. The maximum Gasteiger partial charge on any atom is 0.0590 e. The topological polar surface area (TPSA) is 21.3 Å². The third-order valence-electron chi connectivity index (χ3n) is 3.91. The predicted octanol–water partition coefficient (Wildman–Crippen LogP) is 4.28. The molecule has 108 valence electrons. The Balaban J connectivity index is 2.20. The fourth-order valence-corrected chi connectivity index (χ4v) is 2.78. The molecule has 0 aromatic heterocycles. The molecule has 1 aliphatic heterocycles. The zero-order valence-electron chi connectivity index (χ0n) is 12.5. The highest BCUT2D eigenvalue weighted by Crippen LogP contribution is 2.19. The Morgan fingerprint density at radius 2 is 2.00 bits per heavy atom. The summed E-state index contributed by atoms with van der Waals surface area (Å²) in [4.78, 5) is 0.